The zero-order valence-electron chi connectivity index (χ0n) is 9.53. The number of likely N-dealkylation sites (tertiary alicyclic amines) is 1. The Hall–Kier alpha value is -0.900. The first kappa shape index (κ1) is 12.2. The molecule has 0 bridgehead atoms. The highest BCUT2D eigenvalue weighted by molar-refractivity contribution is 5.82. The molecule has 0 aromatic heterocycles. The average Bonchev–Trinajstić information content (AvgIpc) is 2.20. The third-order valence-electron chi connectivity index (χ3n) is 3.12. The molecule has 2 atom stereocenters. The first-order valence-corrected chi connectivity index (χ1v) is 5.59. The van der Waals surface area contributed by atoms with Gasteiger partial charge in [0.15, 0.2) is 0 Å². The van der Waals surface area contributed by atoms with Crippen LogP contribution >= 0.6 is 0 Å². The van der Waals surface area contributed by atoms with Crippen molar-refractivity contribution >= 4 is 11.7 Å². The van der Waals surface area contributed by atoms with Gasteiger partial charge in [-0.05, 0) is 6.42 Å². The van der Waals surface area contributed by atoms with Crippen molar-refractivity contribution in [2.24, 2.45) is 17.6 Å². The van der Waals surface area contributed by atoms with Gasteiger partial charge >= 0.3 is 0 Å². The van der Waals surface area contributed by atoms with E-state index in [1.807, 2.05) is 13.8 Å². The molecule has 2 unspecified atom stereocenters. The maximum absolute atomic E-state index is 11.5. The molecule has 1 rings (SSSR count). The molecule has 0 aromatic rings. The maximum Gasteiger partial charge on any atom is 0.221 e. The quantitative estimate of drug-likeness (QED) is 0.734. The zero-order chi connectivity index (χ0) is 11.4. The van der Waals surface area contributed by atoms with Crippen molar-refractivity contribution in [2.45, 2.75) is 26.7 Å². The summed E-state index contributed by atoms with van der Waals surface area (Å²) < 4.78 is 0. The van der Waals surface area contributed by atoms with Gasteiger partial charge < -0.3 is 10.6 Å². The maximum atomic E-state index is 11.5. The van der Waals surface area contributed by atoms with E-state index in [2.05, 4.69) is 4.90 Å². The van der Waals surface area contributed by atoms with E-state index in [1.165, 1.54) is 0 Å². The van der Waals surface area contributed by atoms with Crippen molar-refractivity contribution < 1.29 is 9.59 Å². The van der Waals surface area contributed by atoms with E-state index in [0.29, 0.717) is 18.7 Å². The number of hydrogen-bond donors (Lipinski definition) is 1. The van der Waals surface area contributed by atoms with Crippen molar-refractivity contribution in [1.82, 2.24) is 4.90 Å². The van der Waals surface area contributed by atoms with E-state index in [1.54, 1.807) is 0 Å². The fraction of sp³-hybridized carbons (Fsp3) is 0.818. The molecule has 1 aliphatic heterocycles. The van der Waals surface area contributed by atoms with Gasteiger partial charge in [-0.25, -0.2) is 0 Å². The Balaban J connectivity index is 2.44. The number of carbonyl (C=O) groups is 2. The molecule has 0 saturated carbocycles. The summed E-state index contributed by atoms with van der Waals surface area (Å²) in [4.78, 5) is 24.6. The highest BCUT2D eigenvalue weighted by Crippen LogP contribution is 2.16. The smallest absolute Gasteiger partial charge is 0.221 e. The Labute approximate surface area is 90.8 Å². The van der Waals surface area contributed by atoms with E-state index in [0.717, 1.165) is 19.5 Å². The number of rotatable bonds is 4. The fourth-order valence-corrected chi connectivity index (χ4v) is 1.98. The molecule has 1 saturated heterocycles. The minimum Gasteiger partial charge on any atom is -0.369 e. The minimum atomic E-state index is -0.264. The largest absolute Gasteiger partial charge is 0.369 e. The lowest BCUT2D eigenvalue weighted by Crippen LogP contribution is -2.44. The van der Waals surface area contributed by atoms with Crippen molar-refractivity contribution in [3.63, 3.8) is 0 Å². The Bertz CT molecular complexity index is 251. The number of nitrogens with zero attached hydrogens (tertiary/aromatic N) is 1. The second kappa shape index (κ2) is 5.26. The van der Waals surface area contributed by atoms with Crippen molar-refractivity contribution in [1.29, 1.82) is 0 Å². The van der Waals surface area contributed by atoms with Crippen LogP contribution in [0.5, 0.6) is 0 Å². The highest BCUT2D eigenvalue weighted by atomic mass is 16.1. The molecular formula is C11H20N2O2. The lowest BCUT2D eigenvalue weighted by atomic mass is 9.93. The summed E-state index contributed by atoms with van der Waals surface area (Å²) in [5.74, 6) is 0.120. The summed E-state index contributed by atoms with van der Waals surface area (Å²) >= 11 is 0. The molecule has 4 heteroatoms. The average molecular weight is 212 g/mol. The number of primary amides is 1. The van der Waals surface area contributed by atoms with Crippen LogP contribution in [0.1, 0.15) is 26.7 Å². The Morgan fingerprint density at radius 1 is 1.67 bits per heavy atom. The third kappa shape index (κ3) is 3.30. The summed E-state index contributed by atoms with van der Waals surface area (Å²) in [6.07, 6.45) is 1.50. The highest BCUT2D eigenvalue weighted by Gasteiger charge is 2.27. The van der Waals surface area contributed by atoms with Crippen LogP contribution in [0.15, 0.2) is 0 Å². The van der Waals surface area contributed by atoms with Gasteiger partial charge in [-0.2, -0.15) is 0 Å². The van der Waals surface area contributed by atoms with E-state index in [9.17, 15) is 9.59 Å². The summed E-state index contributed by atoms with van der Waals surface area (Å²) in [6, 6.07) is 0. The monoisotopic (exact) mass is 212 g/mol. The molecule has 1 fully saturated rings. The van der Waals surface area contributed by atoms with Gasteiger partial charge in [-0.3, -0.25) is 9.59 Å². The summed E-state index contributed by atoms with van der Waals surface area (Å²) in [5.41, 5.74) is 5.22. The first-order chi connectivity index (χ1) is 7.04. The van der Waals surface area contributed by atoms with Crippen molar-refractivity contribution in [3.05, 3.63) is 0 Å². The van der Waals surface area contributed by atoms with E-state index >= 15 is 0 Å². The van der Waals surface area contributed by atoms with Crippen molar-refractivity contribution in [2.75, 3.05) is 19.6 Å². The van der Waals surface area contributed by atoms with Crippen LogP contribution in [-0.4, -0.2) is 36.2 Å². The van der Waals surface area contributed by atoms with Gasteiger partial charge in [0.1, 0.15) is 5.78 Å². The summed E-state index contributed by atoms with van der Waals surface area (Å²) in [5, 5.41) is 0. The van der Waals surface area contributed by atoms with Crippen LogP contribution in [-0.2, 0) is 9.59 Å². The van der Waals surface area contributed by atoms with Crippen LogP contribution in [0, 0.1) is 11.8 Å². The number of hydrogen-bond acceptors (Lipinski definition) is 3. The number of amides is 1. The summed E-state index contributed by atoms with van der Waals surface area (Å²) in [7, 11) is 0. The second-order valence-electron chi connectivity index (χ2n) is 4.38. The number of Topliss-reactive ketones (excluding diaryl/α,β-unsaturated/α-hetero) is 1. The SMILES string of the molecule is CCC1CN(CC(C)C(N)=O)CCC1=O. The number of nitrogens with two attached hydrogens (primary N) is 1. The molecule has 2 N–H and O–H groups in total. The van der Waals surface area contributed by atoms with Crippen LogP contribution < -0.4 is 5.73 Å². The molecule has 1 amide bonds. The normalized spacial score (nSPS) is 25.2. The number of ketones is 1. The molecule has 1 heterocycles. The van der Waals surface area contributed by atoms with Gasteiger partial charge in [-0.15, -0.1) is 0 Å². The van der Waals surface area contributed by atoms with E-state index in [-0.39, 0.29) is 17.7 Å². The molecule has 0 aliphatic carbocycles. The Morgan fingerprint density at radius 2 is 2.33 bits per heavy atom. The molecule has 15 heavy (non-hydrogen) atoms. The molecule has 0 radical (unpaired) electrons. The van der Waals surface area contributed by atoms with Crippen LogP contribution in [0.25, 0.3) is 0 Å². The van der Waals surface area contributed by atoms with Gasteiger partial charge in [0, 0.05) is 37.9 Å². The molecule has 4 nitrogen and oxygen atoms in total. The predicted molar refractivity (Wildman–Crippen MR) is 58.2 cm³/mol. The predicted octanol–water partition coefficient (Wildman–Crippen LogP) is 0.409. The van der Waals surface area contributed by atoms with Gasteiger partial charge in [0.25, 0.3) is 0 Å². The van der Waals surface area contributed by atoms with Crippen LogP contribution in [0.3, 0.4) is 0 Å². The number of piperidine rings is 1. The molecule has 0 aromatic carbocycles. The third-order valence-corrected chi connectivity index (χ3v) is 3.12. The Kier molecular flexibility index (Phi) is 4.27. The lowest BCUT2D eigenvalue weighted by molar-refractivity contribution is -0.127. The topological polar surface area (TPSA) is 63.4 Å². The van der Waals surface area contributed by atoms with E-state index < -0.39 is 0 Å². The fourth-order valence-electron chi connectivity index (χ4n) is 1.98. The Morgan fingerprint density at radius 3 is 2.87 bits per heavy atom. The van der Waals surface area contributed by atoms with E-state index in [4.69, 9.17) is 5.73 Å². The standard InChI is InChI=1S/C11H20N2O2/c1-3-9-7-13(5-4-10(9)14)6-8(2)11(12)15/h8-9H,3-7H2,1-2H3,(H2,12,15). The second-order valence-corrected chi connectivity index (χ2v) is 4.38. The molecule has 86 valence electrons. The van der Waals surface area contributed by atoms with Crippen LogP contribution in [0.4, 0.5) is 0 Å². The number of carbonyl (C=O) groups excluding carboxylic acids is 2. The minimum absolute atomic E-state index is 0.129. The molecular weight excluding hydrogens is 192 g/mol. The van der Waals surface area contributed by atoms with Gasteiger partial charge in [0.05, 0.1) is 0 Å². The van der Waals surface area contributed by atoms with Crippen molar-refractivity contribution in [3.8, 4) is 0 Å². The zero-order valence-corrected chi connectivity index (χ0v) is 9.53. The van der Waals surface area contributed by atoms with Gasteiger partial charge in [0.2, 0.25) is 5.91 Å². The molecule has 1 aliphatic rings. The molecule has 0 spiro atoms. The summed E-state index contributed by atoms with van der Waals surface area (Å²) in [6.45, 7) is 6.10. The first-order valence-electron chi connectivity index (χ1n) is 5.59. The van der Waals surface area contributed by atoms with Crippen LogP contribution in [0.2, 0.25) is 0 Å². The van der Waals surface area contributed by atoms with Gasteiger partial charge in [-0.1, -0.05) is 13.8 Å². The lowest BCUT2D eigenvalue weighted by Gasteiger charge is -2.32.